The van der Waals surface area contributed by atoms with Crippen LogP contribution in [-0.2, 0) is 4.74 Å². The third-order valence-corrected chi connectivity index (χ3v) is 1.68. The van der Waals surface area contributed by atoms with Gasteiger partial charge in [0.15, 0.2) is 0 Å². The molecule has 0 aromatic heterocycles. The number of halogens is 5. The molecule has 0 aromatic carbocycles. The third kappa shape index (κ3) is 4.28. The monoisotopic (exact) mass is 236 g/mol. The van der Waals surface area contributed by atoms with Gasteiger partial charge in [-0.2, -0.15) is 34.6 Å². The molecule has 0 spiro atoms. The summed E-state index contributed by atoms with van der Waals surface area (Å²) in [6.07, 6.45) is -5.57. The van der Waals surface area contributed by atoms with Gasteiger partial charge in [0, 0.05) is 5.75 Å². The van der Waals surface area contributed by atoms with Crippen LogP contribution in [0.1, 0.15) is 0 Å². The number of hydrogen-bond acceptors (Lipinski definition) is 2. The van der Waals surface area contributed by atoms with Crippen molar-refractivity contribution in [3.05, 3.63) is 12.2 Å². The fourth-order valence-corrected chi connectivity index (χ4v) is 0.542. The van der Waals surface area contributed by atoms with Gasteiger partial charge >= 0.3 is 12.1 Å². The zero-order valence-electron chi connectivity index (χ0n) is 7.07. The van der Waals surface area contributed by atoms with Gasteiger partial charge in [-0.15, -0.1) is 0 Å². The Morgan fingerprint density at radius 3 is 2.07 bits per heavy atom. The second-order valence-electron chi connectivity index (χ2n) is 2.60. The Kier molecular flexibility index (Phi) is 4.87. The molecule has 0 bridgehead atoms. The fourth-order valence-electron chi connectivity index (χ4n) is 0.451. The van der Waals surface area contributed by atoms with Gasteiger partial charge < -0.3 is 4.74 Å². The molecular weight excluding hydrogens is 227 g/mol. The highest BCUT2D eigenvalue weighted by atomic mass is 32.1. The first kappa shape index (κ1) is 13.7. The van der Waals surface area contributed by atoms with Gasteiger partial charge in [0.25, 0.3) is 0 Å². The Balaban J connectivity index is 3.95. The second kappa shape index (κ2) is 4.97. The van der Waals surface area contributed by atoms with Crippen LogP contribution in [0.2, 0.25) is 0 Å². The minimum Gasteiger partial charge on any atom is -0.370 e. The van der Waals surface area contributed by atoms with E-state index in [1.54, 1.807) is 0 Å². The molecule has 84 valence electrons. The van der Waals surface area contributed by atoms with Gasteiger partial charge in [-0.3, -0.25) is 0 Å². The van der Waals surface area contributed by atoms with Crippen LogP contribution in [0.4, 0.5) is 22.0 Å². The molecule has 1 nitrogen and oxygen atoms in total. The lowest BCUT2D eigenvalue weighted by molar-refractivity contribution is -0.296. The average molecular weight is 236 g/mol. The molecule has 0 saturated carbocycles. The van der Waals surface area contributed by atoms with Crippen molar-refractivity contribution in [2.75, 3.05) is 19.0 Å². The predicted molar refractivity (Wildman–Crippen MR) is 44.8 cm³/mol. The fraction of sp³-hybridized carbons (Fsp3) is 0.714. The molecule has 0 aromatic rings. The lowest BCUT2D eigenvalue weighted by atomic mass is 10.3. The normalized spacial score (nSPS) is 13.0. The summed E-state index contributed by atoms with van der Waals surface area (Å²) in [6, 6.07) is 0. The van der Waals surface area contributed by atoms with Crippen molar-refractivity contribution < 1.29 is 26.7 Å². The Hall–Kier alpha value is -0.300. The molecule has 0 atom stereocenters. The summed E-state index contributed by atoms with van der Waals surface area (Å²) < 4.78 is 63.2. The molecule has 0 unspecified atom stereocenters. The summed E-state index contributed by atoms with van der Waals surface area (Å²) in [5, 5.41) is 0. The molecule has 0 amide bonds. The standard InChI is InChI=1S/C7H9F5OS/c1-5(3-14)2-13-4-6(8,9)7(10,11)12/h14H,1-4H2. The number of thiol groups is 1. The molecule has 0 radical (unpaired) electrons. The average Bonchev–Trinajstić information content (AvgIpc) is 2.01. The summed E-state index contributed by atoms with van der Waals surface area (Å²) >= 11 is 3.73. The van der Waals surface area contributed by atoms with E-state index in [0.29, 0.717) is 5.57 Å². The molecule has 7 heteroatoms. The van der Waals surface area contributed by atoms with E-state index in [-0.39, 0.29) is 12.4 Å². The van der Waals surface area contributed by atoms with E-state index in [1.807, 2.05) is 0 Å². The zero-order valence-corrected chi connectivity index (χ0v) is 7.97. The summed E-state index contributed by atoms with van der Waals surface area (Å²) in [7, 11) is 0. The second-order valence-corrected chi connectivity index (χ2v) is 2.92. The van der Waals surface area contributed by atoms with Gasteiger partial charge in [0.1, 0.15) is 6.61 Å². The van der Waals surface area contributed by atoms with Crippen LogP contribution in [0.5, 0.6) is 0 Å². The molecular formula is C7H9F5OS. The minimum absolute atomic E-state index is 0.178. The van der Waals surface area contributed by atoms with Crippen molar-refractivity contribution in [1.82, 2.24) is 0 Å². The van der Waals surface area contributed by atoms with Gasteiger partial charge in [-0.25, -0.2) is 0 Å². The van der Waals surface area contributed by atoms with E-state index in [0.717, 1.165) is 0 Å². The highest BCUT2D eigenvalue weighted by molar-refractivity contribution is 7.80. The van der Waals surface area contributed by atoms with Crippen LogP contribution in [-0.4, -0.2) is 31.1 Å². The Morgan fingerprint density at radius 1 is 1.21 bits per heavy atom. The summed E-state index contributed by atoms with van der Waals surface area (Å²) in [4.78, 5) is 0. The molecule has 0 aliphatic rings. The summed E-state index contributed by atoms with van der Waals surface area (Å²) in [5.41, 5.74) is 0.339. The van der Waals surface area contributed by atoms with Crippen LogP contribution in [0, 0.1) is 0 Å². The van der Waals surface area contributed by atoms with Crippen LogP contribution in [0.15, 0.2) is 12.2 Å². The number of alkyl halides is 5. The minimum atomic E-state index is -5.57. The molecule has 0 saturated heterocycles. The van der Waals surface area contributed by atoms with E-state index >= 15 is 0 Å². The topological polar surface area (TPSA) is 9.23 Å². The number of ether oxygens (including phenoxy) is 1. The van der Waals surface area contributed by atoms with Crippen molar-refractivity contribution in [3.63, 3.8) is 0 Å². The number of rotatable bonds is 5. The van der Waals surface area contributed by atoms with Crippen molar-refractivity contribution >= 4 is 12.6 Å². The van der Waals surface area contributed by atoms with E-state index in [4.69, 9.17) is 0 Å². The number of hydrogen-bond donors (Lipinski definition) is 1. The highest BCUT2D eigenvalue weighted by Crippen LogP contribution is 2.35. The van der Waals surface area contributed by atoms with Crippen molar-refractivity contribution in [2.24, 2.45) is 0 Å². The first-order valence-electron chi connectivity index (χ1n) is 3.50. The SMILES string of the molecule is C=C(CS)COCC(F)(F)C(F)(F)F. The summed E-state index contributed by atoms with van der Waals surface area (Å²) in [6.45, 7) is 1.28. The first-order valence-corrected chi connectivity index (χ1v) is 4.14. The Labute approximate surface area is 83.3 Å². The molecule has 0 fully saturated rings. The van der Waals surface area contributed by atoms with Crippen LogP contribution in [0.3, 0.4) is 0 Å². The molecule has 0 aliphatic carbocycles. The molecule has 0 N–H and O–H groups in total. The lowest BCUT2D eigenvalue weighted by Gasteiger charge is -2.19. The Morgan fingerprint density at radius 2 is 1.71 bits per heavy atom. The maximum atomic E-state index is 12.2. The Bertz CT molecular complexity index is 201. The maximum Gasteiger partial charge on any atom is 0.455 e. The van der Waals surface area contributed by atoms with Gasteiger partial charge in [-0.1, -0.05) is 6.58 Å². The predicted octanol–water partition coefficient (Wildman–Crippen LogP) is 2.69. The summed E-state index contributed by atoms with van der Waals surface area (Å²) in [5.74, 6) is -4.64. The van der Waals surface area contributed by atoms with E-state index in [1.165, 1.54) is 0 Å². The van der Waals surface area contributed by atoms with Gasteiger partial charge in [0.05, 0.1) is 6.61 Å². The highest BCUT2D eigenvalue weighted by Gasteiger charge is 2.57. The van der Waals surface area contributed by atoms with E-state index < -0.39 is 18.7 Å². The zero-order chi connectivity index (χ0) is 11.4. The lowest BCUT2D eigenvalue weighted by Crippen LogP contribution is -2.40. The van der Waals surface area contributed by atoms with E-state index in [2.05, 4.69) is 23.9 Å². The molecule has 0 aliphatic heterocycles. The molecule has 0 rings (SSSR count). The van der Waals surface area contributed by atoms with Crippen molar-refractivity contribution in [1.29, 1.82) is 0 Å². The quantitative estimate of drug-likeness (QED) is 0.438. The molecule has 14 heavy (non-hydrogen) atoms. The van der Waals surface area contributed by atoms with Crippen molar-refractivity contribution in [2.45, 2.75) is 12.1 Å². The smallest absolute Gasteiger partial charge is 0.370 e. The largest absolute Gasteiger partial charge is 0.455 e. The van der Waals surface area contributed by atoms with Gasteiger partial charge in [-0.05, 0) is 5.57 Å². The van der Waals surface area contributed by atoms with Crippen molar-refractivity contribution in [3.8, 4) is 0 Å². The van der Waals surface area contributed by atoms with Crippen LogP contribution >= 0.6 is 12.6 Å². The maximum absolute atomic E-state index is 12.2. The van der Waals surface area contributed by atoms with E-state index in [9.17, 15) is 22.0 Å². The van der Waals surface area contributed by atoms with Crippen LogP contribution < -0.4 is 0 Å². The molecule has 0 heterocycles. The van der Waals surface area contributed by atoms with Crippen LogP contribution in [0.25, 0.3) is 0 Å². The van der Waals surface area contributed by atoms with Gasteiger partial charge in [0.2, 0.25) is 0 Å². The third-order valence-electron chi connectivity index (χ3n) is 1.23. The first-order chi connectivity index (χ1) is 6.20.